The second kappa shape index (κ2) is 10.5. The average Bonchev–Trinajstić information content (AvgIpc) is 2.71. The van der Waals surface area contributed by atoms with E-state index in [-0.39, 0.29) is 18.6 Å². The van der Waals surface area contributed by atoms with Crippen LogP contribution in [0.4, 0.5) is 4.39 Å². The number of aryl methyl sites for hydroxylation is 1. The number of aliphatic hydroxyl groups is 1. The van der Waals surface area contributed by atoms with Crippen molar-refractivity contribution < 1.29 is 28.5 Å². The molecule has 0 aliphatic rings. The smallest absolute Gasteiger partial charge is 0.305 e. The van der Waals surface area contributed by atoms with Crippen LogP contribution in [0.5, 0.6) is 0 Å². The quantitative estimate of drug-likeness (QED) is 0.440. The lowest BCUT2D eigenvalue weighted by Crippen LogP contribution is -2.15. The van der Waals surface area contributed by atoms with E-state index in [0.717, 1.165) is 33.0 Å². The van der Waals surface area contributed by atoms with Gasteiger partial charge in [-0.1, -0.05) is 54.6 Å². The second-order valence-electron chi connectivity index (χ2n) is 7.25. The Hall–Kier alpha value is -2.79. The minimum atomic E-state index is -2.55. The number of aliphatic carboxylic acids is 1. The van der Waals surface area contributed by atoms with Crippen molar-refractivity contribution in [3.05, 3.63) is 77.6 Å². The van der Waals surface area contributed by atoms with Crippen molar-refractivity contribution in [2.75, 3.05) is 12.8 Å². The Bertz CT molecular complexity index is 1120. The van der Waals surface area contributed by atoms with Gasteiger partial charge in [-0.3, -0.25) is 9.36 Å². The van der Waals surface area contributed by atoms with Crippen LogP contribution in [0.2, 0.25) is 0 Å². The van der Waals surface area contributed by atoms with Crippen LogP contribution < -0.4 is 0 Å². The Morgan fingerprint density at radius 1 is 1.19 bits per heavy atom. The molecule has 162 valence electrons. The van der Waals surface area contributed by atoms with Gasteiger partial charge in [-0.2, -0.15) is 0 Å². The van der Waals surface area contributed by atoms with Crippen LogP contribution in [0.25, 0.3) is 28.0 Å². The van der Waals surface area contributed by atoms with Crippen LogP contribution in [0.15, 0.2) is 60.7 Å². The van der Waals surface area contributed by atoms with Gasteiger partial charge >= 0.3 is 5.97 Å². The van der Waals surface area contributed by atoms with Crippen molar-refractivity contribution in [1.29, 1.82) is 0 Å². The van der Waals surface area contributed by atoms with E-state index in [9.17, 15) is 18.9 Å². The van der Waals surface area contributed by atoms with Crippen LogP contribution in [-0.2, 0) is 13.9 Å². The molecule has 5 nitrogen and oxygen atoms in total. The van der Waals surface area contributed by atoms with E-state index in [4.69, 9.17) is 9.63 Å². The summed E-state index contributed by atoms with van der Waals surface area (Å²) in [5.74, 6) is -1.45. The van der Waals surface area contributed by atoms with E-state index in [1.807, 2.05) is 37.3 Å². The van der Waals surface area contributed by atoms with Crippen LogP contribution in [-0.4, -0.2) is 35.1 Å². The number of rotatable bonds is 9. The molecule has 7 heteroatoms. The molecule has 2 N–H and O–H groups in total. The Kier molecular flexibility index (Phi) is 7.75. The minimum absolute atomic E-state index is 0.0622. The fraction of sp³-hybridized carbons (Fsp3) is 0.208. The summed E-state index contributed by atoms with van der Waals surface area (Å²) in [7, 11) is -2.55. The molecule has 0 spiro atoms. The van der Waals surface area contributed by atoms with E-state index < -0.39 is 26.5 Å². The predicted octanol–water partition coefficient (Wildman–Crippen LogP) is 5.29. The maximum Gasteiger partial charge on any atom is 0.305 e. The lowest BCUT2D eigenvalue weighted by Gasteiger charge is -2.14. The number of benzene rings is 3. The number of aliphatic hydroxyl groups excluding tert-OH is 1. The van der Waals surface area contributed by atoms with Crippen LogP contribution in [0.3, 0.4) is 0 Å². The second-order valence-corrected chi connectivity index (χ2v) is 8.69. The molecule has 3 aromatic rings. The summed E-state index contributed by atoms with van der Waals surface area (Å²) in [5.41, 5.74) is 3.82. The lowest BCUT2D eigenvalue weighted by atomic mass is 9.90. The summed E-state index contributed by atoms with van der Waals surface area (Å²) >= 11 is 0. The van der Waals surface area contributed by atoms with Crippen molar-refractivity contribution in [1.82, 2.24) is 0 Å². The highest BCUT2D eigenvalue weighted by molar-refractivity contribution is 7.39. The number of fused-ring (bicyclic) bond motifs is 1. The Morgan fingerprint density at radius 3 is 2.61 bits per heavy atom. The van der Waals surface area contributed by atoms with Crippen molar-refractivity contribution in [3.63, 3.8) is 0 Å². The topological polar surface area (TPSA) is 83.8 Å². The first kappa shape index (κ1) is 22.9. The molecule has 0 fully saturated rings. The molecule has 0 radical (unpaired) electrons. The fourth-order valence-electron chi connectivity index (χ4n) is 3.48. The maximum atomic E-state index is 13.5. The van der Waals surface area contributed by atoms with E-state index in [1.54, 1.807) is 18.2 Å². The van der Waals surface area contributed by atoms with Gasteiger partial charge in [0.15, 0.2) is 8.03 Å². The van der Waals surface area contributed by atoms with Crippen molar-refractivity contribution in [3.8, 4) is 11.1 Å². The molecule has 3 aromatic carbocycles. The lowest BCUT2D eigenvalue weighted by molar-refractivity contribution is -0.138. The van der Waals surface area contributed by atoms with Gasteiger partial charge in [-0.05, 0) is 52.1 Å². The van der Waals surface area contributed by atoms with Gasteiger partial charge in [-0.15, -0.1) is 0 Å². The van der Waals surface area contributed by atoms with E-state index in [1.165, 1.54) is 12.1 Å². The van der Waals surface area contributed by atoms with Gasteiger partial charge in [0.05, 0.1) is 19.1 Å². The fourth-order valence-corrected chi connectivity index (χ4v) is 4.41. The zero-order valence-electron chi connectivity index (χ0n) is 17.0. The minimum Gasteiger partial charge on any atom is -0.481 e. The van der Waals surface area contributed by atoms with Gasteiger partial charge in [0.25, 0.3) is 0 Å². The molecule has 0 aromatic heterocycles. The highest BCUT2D eigenvalue weighted by Gasteiger charge is 2.14. The van der Waals surface area contributed by atoms with Crippen molar-refractivity contribution in [2.24, 2.45) is 0 Å². The zero-order valence-corrected chi connectivity index (χ0v) is 18.0. The van der Waals surface area contributed by atoms with Crippen LogP contribution in [0.1, 0.15) is 17.5 Å². The molecule has 31 heavy (non-hydrogen) atoms. The number of halogens is 1. The molecule has 0 bridgehead atoms. The van der Waals surface area contributed by atoms with E-state index in [0.29, 0.717) is 0 Å². The predicted molar refractivity (Wildman–Crippen MR) is 121 cm³/mol. The standard InChI is InChI=1S/C24H24FO5P/c1-16-13-18-5-2-3-6-22(18)24(17-8-10-19(25)11-9-17)21(16)7-4-12-30-31(29)15-20(26)14-23(27)28/h2-11,13,20,26,31H,12,14-15H2,1H3,(H,27,28). The number of carbonyl (C=O) groups is 1. The van der Waals surface area contributed by atoms with Gasteiger partial charge in [0.1, 0.15) is 5.82 Å². The summed E-state index contributed by atoms with van der Waals surface area (Å²) in [4.78, 5) is 10.6. The third kappa shape index (κ3) is 6.11. The van der Waals surface area contributed by atoms with Gasteiger partial charge in [-0.25, -0.2) is 4.39 Å². The Morgan fingerprint density at radius 2 is 1.90 bits per heavy atom. The highest BCUT2D eigenvalue weighted by Crippen LogP contribution is 2.35. The van der Waals surface area contributed by atoms with Gasteiger partial charge in [0.2, 0.25) is 0 Å². The van der Waals surface area contributed by atoms with Gasteiger partial charge in [0, 0.05) is 6.16 Å². The molecule has 2 unspecified atom stereocenters. The molecule has 0 saturated carbocycles. The first-order valence-electron chi connectivity index (χ1n) is 9.85. The summed E-state index contributed by atoms with van der Waals surface area (Å²) in [6.07, 6.45) is 1.76. The van der Waals surface area contributed by atoms with Crippen LogP contribution in [0, 0.1) is 12.7 Å². The molecule has 0 aliphatic carbocycles. The first-order chi connectivity index (χ1) is 14.8. The number of carboxylic acid groups (broad SMARTS) is 1. The molecule has 0 amide bonds. The Labute approximate surface area is 180 Å². The SMILES string of the molecule is Cc1cc2ccccc2c(-c2ccc(F)cc2)c1C=CCO[PH](=O)CC(O)CC(=O)O. The number of hydrogen-bond acceptors (Lipinski definition) is 4. The molecular formula is C24H24FO5P. The molecule has 3 rings (SSSR count). The van der Waals surface area contributed by atoms with Crippen molar-refractivity contribution in [2.45, 2.75) is 19.4 Å². The third-order valence-electron chi connectivity index (χ3n) is 4.87. The molecular weight excluding hydrogens is 418 g/mol. The largest absolute Gasteiger partial charge is 0.481 e. The average molecular weight is 442 g/mol. The summed E-state index contributed by atoms with van der Waals surface area (Å²) in [6, 6.07) is 16.4. The Balaban J connectivity index is 1.84. The van der Waals surface area contributed by atoms with Crippen LogP contribution >= 0.6 is 8.03 Å². The summed E-state index contributed by atoms with van der Waals surface area (Å²) in [6.45, 7) is 2.05. The monoisotopic (exact) mass is 442 g/mol. The highest BCUT2D eigenvalue weighted by atomic mass is 31.1. The van der Waals surface area contributed by atoms with E-state index in [2.05, 4.69) is 6.07 Å². The maximum absolute atomic E-state index is 13.5. The molecule has 0 saturated heterocycles. The summed E-state index contributed by atoms with van der Waals surface area (Å²) < 4.78 is 30.7. The summed E-state index contributed by atoms with van der Waals surface area (Å²) in [5, 5.41) is 20.3. The molecule has 0 heterocycles. The normalized spacial score (nSPS) is 13.5. The first-order valence-corrected chi connectivity index (χ1v) is 11.4. The molecule has 2 atom stereocenters. The number of carboxylic acids is 1. The zero-order chi connectivity index (χ0) is 22.4. The van der Waals surface area contributed by atoms with Crippen molar-refractivity contribution >= 4 is 30.8 Å². The van der Waals surface area contributed by atoms with E-state index >= 15 is 0 Å². The molecule has 0 aliphatic heterocycles. The van der Waals surface area contributed by atoms with Gasteiger partial charge < -0.3 is 14.7 Å². The number of hydrogen-bond donors (Lipinski definition) is 2. The third-order valence-corrected chi connectivity index (χ3v) is 6.16.